The van der Waals surface area contributed by atoms with Crippen LogP contribution in [-0.4, -0.2) is 10.0 Å². The van der Waals surface area contributed by atoms with Crippen molar-refractivity contribution in [3.05, 3.63) is 39.9 Å². The van der Waals surface area contributed by atoms with Crippen LogP contribution in [0.4, 0.5) is 5.69 Å². The van der Waals surface area contributed by atoms with Crippen LogP contribution in [-0.2, 0) is 0 Å². The molecule has 0 heterocycles. The van der Waals surface area contributed by atoms with E-state index in [-0.39, 0.29) is 5.69 Å². The quantitative estimate of drug-likeness (QED) is 0.420. The maximum Gasteiger partial charge on any atom is 0.269 e. The number of terminal acetylenes is 1. The van der Waals surface area contributed by atoms with E-state index in [0.717, 1.165) is 0 Å². The molecule has 0 aliphatic heterocycles. The van der Waals surface area contributed by atoms with E-state index in [1.54, 1.807) is 0 Å². The van der Waals surface area contributed by atoms with Crippen LogP contribution in [0.2, 0.25) is 0 Å². The van der Waals surface area contributed by atoms with Crippen molar-refractivity contribution in [1.82, 2.24) is 0 Å². The Kier molecular flexibility index (Phi) is 2.62. The number of hydrogen-bond donors (Lipinski definition) is 1. The molecule has 0 aliphatic rings. The Morgan fingerprint density at radius 2 is 2.00 bits per heavy atom. The van der Waals surface area contributed by atoms with Crippen LogP contribution in [0, 0.1) is 22.5 Å². The number of hydrogen-bond acceptors (Lipinski definition) is 3. The molecule has 1 aromatic carbocycles. The third kappa shape index (κ3) is 2.04. The largest absolute Gasteiger partial charge is 0.376 e. The van der Waals surface area contributed by atoms with Crippen molar-refractivity contribution in [2.75, 3.05) is 0 Å². The molecule has 1 N–H and O–H groups in total. The zero-order chi connectivity index (χ0) is 9.84. The van der Waals surface area contributed by atoms with Gasteiger partial charge < -0.3 is 5.11 Å². The Morgan fingerprint density at radius 3 is 2.38 bits per heavy atom. The predicted octanol–water partition coefficient (Wildman–Crippen LogP) is 1.26. The second-order valence-corrected chi connectivity index (χ2v) is 2.42. The molecule has 4 heteroatoms. The highest BCUT2D eigenvalue weighted by molar-refractivity contribution is 5.35. The molecule has 0 aromatic heterocycles. The normalized spacial score (nSPS) is 11.7. The maximum absolute atomic E-state index is 10.3. The number of nitro groups is 1. The van der Waals surface area contributed by atoms with Gasteiger partial charge in [0.15, 0.2) is 0 Å². The topological polar surface area (TPSA) is 63.4 Å². The van der Waals surface area contributed by atoms with Gasteiger partial charge in [0, 0.05) is 12.1 Å². The van der Waals surface area contributed by atoms with E-state index in [1.165, 1.54) is 24.3 Å². The fourth-order valence-electron chi connectivity index (χ4n) is 0.875. The molecule has 1 rings (SSSR count). The van der Waals surface area contributed by atoms with Gasteiger partial charge in [0.1, 0.15) is 6.10 Å². The van der Waals surface area contributed by atoms with Gasteiger partial charge in [-0.25, -0.2) is 0 Å². The molecule has 0 saturated carbocycles. The summed E-state index contributed by atoms with van der Waals surface area (Å²) in [5.41, 5.74) is 0.459. The van der Waals surface area contributed by atoms with Crippen LogP contribution in [0.1, 0.15) is 11.7 Å². The third-order valence-electron chi connectivity index (χ3n) is 1.58. The number of nitrogens with zero attached hydrogens (tertiary/aromatic N) is 1. The first-order chi connectivity index (χ1) is 6.15. The van der Waals surface area contributed by atoms with Gasteiger partial charge in [0.25, 0.3) is 5.69 Å². The summed E-state index contributed by atoms with van der Waals surface area (Å²) in [6, 6.07) is 5.47. The van der Waals surface area contributed by atoms with Gasteiger partial charge >= 0.3 is 0 Å². The molecular weight excluding hydrogens is 170 g/mol. The van der Waals surface area contributed by atoms with Crippen molar-refractivity contribution in [1.29, 1.82) is 0 Å². The Hall–Kier alpha value is -1.86. The molecule has 0 radical (unpaired) electrons. The molecule has 13 heavy (non-hydrogen) atoms. The molecule has 0 unspecified atom stereocenters. The van der Waals surface area contributed by atoms with Gasteiger partial charge in [-0.05, 0) is 17.7 Å². The standard InChI is InChI=1S/C9H7NO3/c1-2-9(11)7-3-5-8(6-4-7)10(12)13/h1,3-6,9,11H/t9-/m1/s1. The van der Waals surface area contributed by atoms with E-state index in [0.29, 0.717) is 5.56 Å². The molecule has 0 saturated heterocycles. The zero-order valence-corrected chi connectivity index (χ0v) is 6.68. The lowest BCUT2D eigenvalue weighted by Gasteiger charge is -2.01. The summed E-state index contributed by atoms with van der Waals surface area (Å²) >= 11 is 0. The van der Waals surface area contributed by atoms with Crippen LogP contribution >= 0.6 is 0 Å². The molecule has 0 spiro atoms. The van der Waals surface area contributed by atoms with Gasteiger partial charge in [-0.15, -0.1) is 6.42 Å². The molecule has 0 amide bonds. The van der Waals surface area contributed by atoms with E-state index < -0.39 is 11.0 Å². The van der Waals surface area contributed by atoms with E-state index >= 15 is 0 Å². The van der Waals surface area contributed by atoms with Crippen molar-refractivity contribution in [2.45, 2.75) is 6.10 Å². The molecule has 0 fully saturated rings. The summed E-state index contributed by atoms with van der Waals surface area (Å²) in [5, 5.41) is 19.4. The maximum atomic E-state index is 10.3. The molecule has 1 aromatic rings. The lowest BCUT2D eigenvalue weighted by Crippen LogP contribution is -1.94. The van der Waals surface area contributed by atoms with Gasteiger partial charge in [-0.1, -0.05) is 5.92 Å². The smallest absolute Gasteiger partial charge is 0.269 e. The number of aliphatic hydroxyl groups is 1. The number of nitro benzene ring substituents is 1. The summed E-state index contributed by atoms with van der Waals surface area (Å²) in [5.74, 6) is 2.12. The summed E-state index contributed by atoms with van der Waals surface area (Å²) in [4.78, 5) is 9.75. The minimum atomic E-state index is -0.999. The van der Waals surface area contributed by atoms with Crippen molar-refractivity contribution in [2.24, 2.45) is 0 Å². The van der Waals surface area contributed by atoms with E-state index in [9.17, 15) is 10.1 Å². The van der Waals surface area contributed by atoms with Crippen molar-refractivity contribution in [3.63, 3.8) is 0 Å². The third-order valence-corrected chi connectivity index (χ3v) is 1.58. The van der Waals surface area contributed by atoms with Crippen LogP contribution in [0.5, 0.6) is 0 Å². The number of aliphatic hydroxyl groups excluding tert-OH is 1. The average molecular weight is 177 g/mol. The van der Waals surface area contributed by atoms with Gasteiger partial charge in [-0.3, -0.25) is 10.1 Å². The first kappa shape index (κ1) is 9.23. The molecule has 4 nitrogen and oxygen atoms in total. The SMILES string of the molecule is C#C[C@@H](O)c1ccc([N+](=O)[O-])cc1. The number of benzene rings is 1. The molecule has 0 aliphatic carbocycles. The Bertz CT molecular complexity index is 350. The second kappa shape index (κ2) is 3.70. The predicted molar refractivity (Wildman–Crippen MR) is 46.9 cm³/mol. The highest BCUT2D eigenvalue weighted by Gasteiger charge is 2.07. The lowest BCUT2D eigenvalue weighted by molar-refractivity contribution is -0.384. The first-order valence-corrected chi connectivity index (χ1v) is 3.53. The van der Waals surface area contributed by atoms with Crippen LogP contribution in [0.25, 0.3) is 0 Å². The minimum absolute atomic E-state index is 0.0204. The van der Waals surface area contributed by atoms with Gasteiger partial charge in [0.2, 0.25) is 0 Å². The van der Waals surface area contributed by atoms with E-state index in [1.807, 2.05) is 0 Å². The van der Waals surface area contributed by atoms with Gasteiger partial charge in [-0.2, -0.15) is 0 Å². The number of rotatable bonds is 2. The fraction of sp³-hybridized carbons (Fsp3) is 0.111. The van der Waals surface area contributed by atoms with Crippen LogP contribution in [0.3, 0.4) is 0 Å². The van der Waals surface area contributed by atoms with Crippen LogP contribution in [0.15, 0.2) is 24.3 Å². The molecular formula is C9H7NO3. The average Bonchev–Trinajstić information content (AvgIpc) is 2.17. The summed E-state index contributed by atoms with van der Waals surface area (Å²) < 4.78 is 0. The van der Waals surface area contributed by atoms with E-state index in [4.69, 9.17) is 11.5 Å². The van der Waals surface area contributed by atoms with Gasteiger partial charge in [0.05, 0.1) is 4.92 Å². The molecule has 66 valence electrons. The summed E-state index contributed by atoms with van der Waals surface area (Å²) in [7, 11) is 0. The molecule has 0 bridgehead atoms. The fourth-order valence-corrected chi connectivity index (χ4v) is 0.875. The first-order valence-electron chi connectivity index (χ1n) is 3.53. The Labute approximate surface area is 75.0 Å². The van der Waals surface area contributed by atoms with Crippen molar-refractivity contribution < 1.29 is 10.0 Å². The summed E-state index contributed by atoms with van der Waals surface area (Å²) in [6.45, 7) is 0. The van der Waals surface area contributed by atoms with Crippen LogP contribution < -0.4 is 0 Å². The second-order valence-electron chi connectivity index (χ2n) is 2.42. The Balaban J connectivity index is 2.95. The monoisotopic (exact) mass is 177 g/mol. The summed E-state index contributed by atoms with van der Waals surface area (Å²) in [6.07, 6.45) is 3.97. The minimum Gasteiger partial charge on any atom is -0.376 e. The zero-order valence-electron chi connectivity index (χ0n) is 6.68. The number of non-ortho nitro benzene ring substituents is 1. The molecule has 1 atom stereocenters. The highest BCUT2D eigenvalue weighted by atomic mass is 16.6. The lowest BCUT2D eigenvalue weighted by atomic mass is 10.1. The Morgan fingerprint density at radius 1 is 1.46 bits per heavy atom. The highest BCUT2D eigenvalue weighted by Crippen LogP contribution is 2.16. The van der Waals surface area contributed by atoms with Crippen molar-refractivity contribution >= 4 is 5.69 Å². The van der Waals surface area contributed by atoms with E-state index in [2.05, 4.69) is 5.92 Å². The van der Waals surface area contributed by atoms with Crippen molar-refractivity contribution in [3.8, 4) is 12.3 Å².